The van der Waals surface area contributed by atoms with Crippen molar-refractivity contribution in [2.24, 2.45) is 5.92 Å². The second-order valence-corrected chi connectivity index (χ2v) is 7.71. The SMILES string of the molecule is CC(C)CCN(Cc1csc(CNC2CC2)n1)C1CC1. The summed E-state index contributed by atoms with van der Waals surface area (Å²) in [6.07, 6.45) is 6.78. The fourth-order valence-electron chi connectivity index (χ4n) is 2.48. The Morgan fingerprint density at radius 2 is 2.15 bits per heavy atom. The van der Waals surface area contributed by atoms with E-state index in [0.717, 1.165) is 31.1 Å². The van der Waals surface area contributed by atoms with E-state index in [1.165, 1.54) is 49.4 Å². The molecule has 0 aromatic carbocycles. The summed E-state index contributed by atoms with van der Waals surface area (Å²) in [6, 6.07) is 1.61. The Balaban J connectivity index is 1.48. The molecule has 112 valence electrons. The standard InChI is InChI=1S/C16H27N3S/c1-12(2)7-8-19(15-5-6-15)10-14-11-20-16(18-14)9-17-13-3-4-13/h11-13,15,17H,3-10H2,1-2H3. The number of rotatable bonds is 9. The quantitative estimate of drug-likeness (QED) is 0.756. The molecule has 0 saturated heterocycles. The summed E-state index contributed by atoms with van der Waals surface area (Å²) < 4.78 is 0. The van der Waals surface area contributed by atoms with Gasteiger partial charge in [-0.3, -0.25) is 4.90 Å². The zero-order valence-electron chi connectivity index (χ0n) is 12.8. The zero-order valence-corrected chi connectivity index (χ0v) is 13.6. The minimum atomic E-state index is 0.774. The fourth-order valence-corrected chi connectivity index (χ4v) is 3.22. The molecule has 20 heavy (non-hydrogen) atoms. The van der Waals surface area contributed by atoms with Gasteiger partial charge in [-0.25, -0.2) is 4.98 Å². The largest absolute Gasteiger partial charge is 0.308 e. The van der Waals surface area contributed by atoms with Crippen molar-refractivity contribution < 1.29 is 0 Å². The maximum Gasteiger partial charge on any atom is 0.107 e. The Kier molecular flexibility index (Phi) is 4.74. The van der Waals surface area contributed by atoms with Crippen molar-refractivity contribution in [2.75, 3.05) is 6.54 Å². The predicted molar refractivity (Wildman–Crippen MR) is 84.9 cm³/mol. The number of hydrogen-bond acceptors (Lipinski definition) is 4. The first kappa shape index (κ1) is 14.5. The van der Waals surface area contributed by atoms with Crippen molar-refractivity contribution in [1.29, 1.82) is 0 Å². The number of thiazole rings is 1. The van der Waals surface area contributed by atoms with Crippen LogP contribution in [0.5, 0.6) is 0 Å². The normalized spacial score (nSPS) is 19.2. The topological polar surface area (TPSA) is 28.2 Å². The maximum absolute atomic E-state index is 4.80. The van der Waals surface area contributed by atoms with E-state index in [2.05, 4.69) is 29.4 Å². The smallest absolute Gasteiger partial charge is 0.107 e. The van der Waals surface area contributed by atoms with Crippen LogP contribution < -0.4 is 5.32 Å². The van der Waals surface area contributed by atoms with Gasteiger partial charge in [0.05, 0.1) is 5.69 Å². The Labute approximate surface area is 126 Å². The molecule has 0 radical (unpaired) electrons. The highest BCUT2D eigenvalue weighted by Gasteiger charge is 2.29. The molecule has 0 unspecified atom stereocenters. The van der Waals surface area contributed by atoms with E-state index in [9.17, 15) is 0 Å². The summed E-state index contributed by atoms with van der Waals surface area (Å²) in [5.74, 6) is 0.796. The molecule has 2 fully saturated rings. The molecule has 2 aliphatic carbocycles. The molecular weight excluding hydrogens is 266 g/mol. The molecule has 3 nitrogen and oxygen atoms in total. The Bertz CT molecular complexity index is 421. The van der Waals surface area contributed by atoms with Crippen molar-refractivity contribution in [3.8, 4) is 0 Å². The molecule has 0 bridgehead atoms. The number of aromatic nitrogens is 1. The van der Waals surface area contributed by atoms with Crippen molar-refractivity contribution >= 4 is 11.3 Å². The zero-order chi connectivity index (χ0) is 13.9. The highest BCUT2D eigenvalue weighted by molar-refractivity contribution is 7.09. The molecule has 0 spiro atoms. The van der Waals surface area contributed by atoms with Crippen LogP contribution in [0.15, 0.2) is 5.38 Å². The first-order valence-electron chi connectivity index (χ1n) is 8.11. The minimum Gasteiger partial charge on any atom is -0.308 e. The average molecular weight is 293 g/mol. The predicted octanol–water partition coefficient (Wildman–Crippen LogP) is 3.41. The second kappa shape index (κ2) is 6.54. The third-order valence-corrected chi connectivity index (χ3v) is 5.04. The van der Waals surface area contributed by atoms with Gasteiger partial charge in [0.2, 0.25) is 0 Å². The van der Waals surface area contributed by atoms with Gasteiger partial charge in [-0.05, 0) is 44.6 Å². The third kappa shape index (κ3) is 4.54. The molecule has 0 atom stereocenters. The summed E-state index contributed by atoms with van der Waals surface area (Å²) in [4.78, 5) is 7.45. The molecule has 1 heterocycles. The van der Waals surface area contributed by atoms with Gasteiger partial charge in [0.25, 0.3) is 0 Å². The summed E-state index contributed by atoms with van der Waals surface area (Å²) >= 11 is 1.82. The summed E-state index contributed by atoms with van der Waals surface area (Å²) in [7, 11) is 0. The van der Waals surface area contributed by atoms with E-state index in [-0.39, 0.29) is 0 Å². The maximum atomic E-state index is 4.80. The van der Waals surface area contributed by atoms with Gasteiger partial charge < -0.3 is 5.32 Å². The lowest BCUT2D eigenvalue weighted by molar-refractivity contribution is 0.237. The summed E-state index contributed by atoms with van der Waals surface area (Å²) in [6.45, 7) is 7.88. The van der Waals surface area contributed by atoms with Gasteiger partial charge in [-0.2, -0.15) is 0 Å². The van der Waals surface area contributed by atoms with Crippen LogP contribution in [-0.4, -0.2) is 28.5 Å². The van der Waals surface area contributed by atoms with Gasteiger partial charge in [-0.15, -0.1) is 11.3 Å². The first-order valence-corrected chi connectivity index (χ1v) is 8.99. The molecule has 1 aromatic rings. The molecule has 1 aromatic heterocycles. The number of nitrogens with zero attached hydrogens (tertiary/aromatic N) is 2. The molecule has 3 rings (SSSR count). The van der Waals surface area contributed by atoms with Crippen molar-refractivity contribution in [2.45, 2.75) is 71.1 Å². The molecular formula is C16H27N3S. The molecule has 4 heteroatoms. The molecule has 2 saturated carbocycles. The van der Waals surface area contributed by atoms with Gasteiger partial charge >= 0.3 is 0 Å². The van der Waals surface area contributed by atoms with E-state index in [0.29, 0.717) is 0 Å². The van der Waals surface area contributed by atoms with Gasteiger partial charge in [0, 0.05) is 30.6 Å². The van der Waals surface area contributed by atoms with Gasteiger partial charge in [-0.1, -0.05) is 13.8 Å². The van der Waals surface area contributed by atoms with E-state index in [4.69, 9.17) is 4.98 Å². The van der Waals surface area contributed by atoms with Crippen LogP contribution in [0.3, 0.4) is 0 Å². The third-order valence-electron chi connectivity index (χ3n) is 4.14. The Morgan fingerprint density at radius 3 is 2.80 bits per heavy atom. The molecule has 0 aliphatic heterocycles. The van der Waals surface area contributed by atoms with Crippen molar-refractivity contribution in [3.05, 3.63) is 16.1 Å². The Hall–Kier alpha value is -0.450. The monoisotopic (exact) mass is 293 g/mol. The lowest BCUT2D eigenvalue weighted by Gasteiger charge is -2.21. The van der Waals surface area contributed by atoms with Gasteiger partial charge in [0.15, 0.2) is 0 Å². The van der Waals surface area contributed by atoms with Crippen molar-refractivity contribution in [1.82, 2.24) is 15.2 Å². The number of hydrogen-bond donors (Lipinski definition) is 1. The van der Waals surface area contributed by atoms with Crippen LogP contribution in [0, 0.1) is 5.92 Å². The van der Waals surface area contributed by atoms with Crippen LogP contribution in [0.1, 0.15) is 56.7 Å². The van der Waals surface area contributed by atoms with E-state index in [1.54, 1.807) is 0 Å². The second-order valence-electron chi connectivity index (χ2n) is 6.77. The molecule has 2 aliphatic rings. The van der Waals surface area contributed by atoms with E-state index in [1.807, 2.05) is 11.3 Å². The lowest BCUT2D eigenvalue weighted by atomic mass is 10.1. The first-order chi connectivity index (χ1) is 9.70. The van der Waals surface area contributed by atoms with Crippen LogP contribution in [0.4, 0.5) is 0 Å². The summed E-state index contributed by atoms with van der Waals surface area (Å²) in [5, 5.41) is 7.06. The average Bonchev–Trinajstić information content (AvgIpc) is 3.32. The van der Waals surface area contributed by atoms with E-state index < -0.39 is 0 Å². The molecule has 0 amide bonds. The minimum absolute atomic E-state index is 0.774. The summed E-state index contributed by atoms with van der Waals surface area (Å²) in [5.41, 5.74) is 1.28. The van der Waals surface area contributed by atoms with Crippen LogP contribution in [0.2, 0.25) is 0 Å². The Morgan fingerprint density at radius 1 is 1.35 bits per heavy atom. The van der Waals surface area contributed by atoms with E-state index >= 15 is 0 Å². The van der Waals surface area contributed by atoms with Crippen LogP contribution >= 0.6 is 11.3 Å². The fraction of sp³-hybridized carbons (Fsp3) is 0.812. The van der Waals surface area contributed by atoms with Crippen LogP contribution in [0.25, 0.3) is 0 Å². The van der Waals surface area contributed by atoms with Crippen LogP contribution in [-0.2, 0) is 13.1 Å². The van der Waals surface area contributed by atoms with Crippen molar-refractivity contribution in [3.63, 3.8) is 0 Å². The molecule has 1 N–H and O–H groups in total. The van der Waals surface area contributed by atoms with Gasteiger partial charge in [0.1, 0.15) is 5.01 Å². The lowest BCUT2D eigenvalue weighted by Crippen LogP contribution is -2.27. The highest BCUT2D eigenvalue weighted by Crippen LogP contribution is 2.29. The number of nitrogens with one attached hydrogen (secondary N) is 1. The highest BCUT2D eigenvalue weighted by atomic mass is 32.1.